The van der Waals surface area contributed by atoms with Gasteiger partial charge in [0.15, 0.2) is 6.10 Å². The highest BCUT2D eigenvalue weighted by atomic mass is 32.2. The number of rotatable bonds is 5. The fourth-order valence-corrected chi connectivity index (χ4v) is 4.14. The van der Waals surface area contributed by atoms with Gasteiger partial charge in [0.25, 0.3) is 5.91 Å². The number of benzene rings is 2. The summed E-state index contributed by atoms with van der Waals surface area (Å²) in [5, 5.41) is 6.61. The van der Waals surface area contributed by atoms with Crippen LogP contribution in [0.3, 0.4) is 0 Å². The number of sulfonamides is 1. The van der Waals surface area contributed by atoms with Crippen molar-refractivity contribution >= 4 is 21.6 Å². The number of amides is 1. The van der Waals surface area contributed by atoms with Crippen molar-refractivity contribution in [2.24, 2.45) is 0 Å². The van der Waals surface area contributed by atoms with Crippen LogP contribution in [0.25, 0.3) is 11.4 Å². The molecule has 3 aromatic rings. The average molecular weight is 442 g/mol. The summed E-state index contributed by atoms with van der Waals surface area (Å²) in [6.07, 6.45) is 0.0918. The molecule has 31 heavy (non-hydrogen) atoms. The van der Waals surface area contributed by atoms with Crippen LogP contribution in [0, 0.1) is 13.8 Å². The topological polar surface area (TPSA) is 115 Å². The second-order valence-corrected chi connectivity index (χ2v) is 9.37. The van der Waals surface area contributed by atoms with Gasteiger partial charge in [0.05, 0.1) is 25.0 Å². The summed E-state index contributed by atoms with van der Waals surface area (Å²) in [5.74, 6) is 0.512. The van der Waals surface area contributed by atoms with Gasteiger partial charge in [0.2, 0.25) is 21.7 Å². The number of carbonyl (C=O) groups is 1. The molecule has 1 atom stereocenters. The summed E-state index contributed by atoms with van der Waals surface area (Å²) in [5.41, 5.74) is 3.23. The second kappa shape index (κ2) is 8.03. The molecule has 1 aliphatic heterocycles. The Kier molecular flexibility index (Phi) is 5.40. The molecule has 0 aliphatic carbocycles. The maximum Gasteiger partial charge on any atom is 0.263 e. The normalized spacial score (nSPS) is 15.8. The van der Waals surface area contributed by atoms with Gasteiger partial charge in [-0.3, -0.25) is 9.10 Å². The number of nitrogens with zero attached hydrogens (tertiary/aromatic N) is 3. The molecule has 2 aromatic carbocycles. The Hall–Kier alpha value is -3.40. The quantitative estimate of drug-likeness (QED) is 0.644. The summed E-state index contributed by atoms with van der Waals surface area (Å²) in [6.45, 7) is 3.71. The number of hydrogen-bond acceptors (Lipinski definition) is 7. The summed E-state index contributed by atoms with van der Waals surface area (Å²) in [6, 6.07) is 12.8. The van der Waals surface area contributed by atoms with E-state index in [2.05, 4.69) is 15.5 Å². The zero-order valence-corrected chi connectivity index (χ0v) is 18.1. The highest BCUT2D eigenvalue weighted by molar-refractivity contribution is 7.92. The maximum absolute atomic E-state index is 12.7. The Morgan fingerprint density at radius 2 is 1.87 bits per heavy atom. The molecule has 4 rings (SSSR count). The Morgan fingerprint density at radius 1 is 1.16 bits per heavy atom. The third-order valence-electron chi connectivity index (χ3n) is 4.87. The van der Waals surface area contributed by atoms with Crippen LogP contribution in [0.1, 0.15) is 17.0 Å². The van der Waals surface area contributed by atoms with Crippen molar-refractivity contribution in [3.8, 4) is 17.1 Å². The van der Waals surface area contributed by atoms with Crippen LogP contribution in [0.5, 0.6) is 5.75 Å². The van der Waals surface area contributed by atoms with Gasteiger partial charge < -0.3 is 14.6 Å². The Labute approximate surface area is 180 Å². The van der Waals surface area contributed by atoms with Crippen LogP contribution in [0.4, 0.5) is 5.69 Å². The first-order chi connectivity index (χ1) is 14.7. The fourth-order valence-electron chi connectivity index (χ4n) is 3.24. The monoisotopic (exact) mass is 442 g/mol. The molecule has 9 nitrogen and oxygen atoms in total. The van der Waals surface area contributed by atoms with Crippen molar-refractivity contribution in [3.05, 3.63) is 59.5 Å². The van der Waals surface area contributed by atoms with E-state index in [0.717, 1.165) is 22.9 Å². The van der Waals surface area contributed by atoms with Crippen LogP contribution in [-0.2, 0) is 21.4 Å². The molecule has 1 amide bonds. The lowest BCUT2D eigenvalue weighted by molar-refractivity contribution is -0.128. The molecule has 162 valence electrons. The number of carbonyl (C=O) groups excluding carboxylic acids is 1. The van der Waals surface area contributed by atoms with Crippen molar-refractivity contribution in [1.29, 1.82) is 0 Å². The van der Waals surface area contributed by atoms with Gasteiger partial charge in [0, 0.05) is 5.56 Å². The Bertz CT molecular complexity index is 1220. The number of fused-ring (bicyclic) bond motifs is 1. The zero-order valence-electron chi connectivity index (χ0n) is 17.3. The fraction of sp³-hybridized carbons (Fsp3) is 0.286. The van der Waals surface area contributed by atoms with Crippen LogP contribution in [-0.4, -0.2) is 43.4 Å². The Balaban J connectivity index is 1.45. The number of aromatic nitrogens is 2. The first-order valence-electron chi connectivity index (χ1n) is 9.63. The summed E-state index contributed by atoms with van der Waals surface area (Å²) < 4.78 is 36.7. The molecule has 0 radical (unpaired) electrons. The highest BCUT2D eigenvalue weighted by Crippen LogP contribution is 2.35. The molecule has 0 spiro atoms. The van der Waals surface area contributed by atoms with Gasteiger partial charge in [-0.2, -0.15) is 4.98 Å². The predicted molar refractivity (Wildman–Crippen MR) is 114 cm³/mol. The van der Waals surface area contributed by atoms with E-state index in [9.17, 15) is 13.2 Å². The molecule has 10 heteroatoms. The third-order valence-corrected chi connectivity index (χ3v) is 6.01. The minimum absolute atomic E-state index is 0.00279. The van der Waals surface area contributed by atoms with Crippen LogP contribution in [0.2, 0.25) is 0 Å². The van der Waals surface area contributed by atoms with E-state index in [1.165, 1.54) is 4.31 Å². The van der Waals surface area contributed by atoms with E-state index < -0.39 is 22.0 Å². The molecule has 1 aromatic heterocycles. The number of nitrogens with one attached hydrogen (secondary N) is 1. The van der Waals surface area contributed by atoms with Crippen LogP contribution < -0.4 is 14.4 Å². The van der Waals surface area contributed by atoms with Gasteiger partial charge in [-0.05, 0) is 31.5 Å². The number of aryl methyl sites for hydroxylation is 2. The van der Waals surface area contributed by atoms with E-state index in [4.69, 9.17) is 9.26 Å². The molecule has 0 bridgehead atoms. The molecule has 1 aliphatic rings. The molecular formula is C21H22N4O5S. The van der Waals surface area contributed by atoms with Gasteiger partial charge in [-0.15, -0.1) is 0 Å². The smallest absolute Gasteiger partial charge is 0.263 e. The minimum Gasteiger partial charge on any atom is -0.476 e. The first-order valence-corrected chi connectivity index (χ1v) is 11.5. The number of hydrogen-bond donors (Lipinski definition) is 1. The van der Waals surface area contributed by atoms with E-state index in [1.54, 1.807) is 18.2 Å². The van der Waals surface area contributed by atoms with E-state index in [-0.39, 0.29) is 19.0 Å². The molecule has 0 saturated heterocycles. The molecule has 0 fully saturated rings. The van der Waals surface area contributed by atoms with Gasteiger partial charge >= 0.3 is 0 Å². The molecule has 2 heterocycles. The standard InChI is InChI=1S/C21H22N4O5S/c1-13-4-7-15(8-5-13)20-23-19(30-24-20)11-22-21(26)18-12-25(31(3,27)28)16-10-14(2)6-9-17(16)29-18/h4-10,18H,11-12H2,1-3H3,(H,22,26)/t18-/m1/s1. The second-order valence-electron chi connectivity index (χ2n) is 7.47. The van der Waals surface area contributed by atoms with Crippen molar-refractivity contribution in [2.45, 2.75) is 26.5 Å². The largest absolute Gasteiger partial charge is 0.476 e. The number of anilines is 1. The van der Waals surface area contributed by atoms with Crippen molar-refractivity contribution in [1.82, 2.24) is 15.5 Å². The van der Waals surface area contributed by atoms with Gasteiger partial charge in [0.1, 0.15) is 5.75 Å². The van der Waals surface area contributed by atoms with Crippen molar-refractivity contribution in [2.75, 3.05) is 17.1 Å². The summed E-state index contributed by atoms with van der Waals surface area (Å²) >= 11 is 0. The third kappa shape index (κ3) is 4.53. The zero-order chi connectivity index (χ0) is 22.2. The predicted octanol–water partition coefficient (Wildman–Crippen LogP) is 2.20. The van der Waals surface area contributed by atoms with E-state index >= 15 is 0 Å². The van der Waals surface area contributed by atoms with E-state index in [1.807, 2.05) is 38.1 Å². The molecule has 0 saturated carbocycles. The van der Waals surface area contributed by atoms with Crippen LogP contribution >= 0.6 is 0 Å². The number of ether oxygens (including phenoxy) is 1. The van der Waals surface area contributed by atoms with Crippen molar-refractivity contribution < 1.29 is 22.5 Å². The Morgan fingerprint density at radius 3 is 2.58 bits per heavy atom. The van der Waals surface area contributed by atoms with Crippen LogP contribution in [0.15, 0.2) is 47.0 Å². The maximum atomic E-state index is 12.7. The van der Waals surface area contributed by atoms with E-state index in [0.29, 0.717) is 17.3 Å². The van der Waals surface area contributed by atoms with Gasteiger partial charge in [-0.1, -0.05) is 41.1 Å². The summed E-state index contributed by atoms with van der Waals surface area (Å²) in [7, 11) is -3.59. The first kappa shape index (κ1) is 20.9. The summed E-state index contributed by atoms with van der Waals surface area (Å²) in [4.78, 5) is 17.0. The average Bonchev–Trinajstić information content (AvgIpc) is 3.20. The molecule has 0 unspecified atom stereocenters. The SMILES string of the molecule is Cc1ccc(-c2noc(CNC(=O)[C@H]3CN(S(C)(=O)=O)c4cc(C)ccc4O3)n2)cc1. The highest BCUT2D eigenvalue weighted by Gasteiger charge is 2.35. The van der Waals surface area contributed by atoms with Gasteiger partial charge in [-0.25, -0.2) is 8.42 Å². The minimum atomic E-state index is -3.59. The lowest BCUT2D eigenvalue weighted by atomic mass is 10.1. The van der Waals surface area contributed by atoms with Crippen molar-refractivity contribution in [3.63, 3.8) is 0 Å². The lowest BCUT2D eigenvalue weighted by Crippen LogP contribution is -2.50. The lowest BCUT2D eigenvalue weighted by Gasteiger charge is -2.34. The molecule has 1 N–H and O–H groups in total. The molecular weight excluding hydrogens is 420 g/mol.